The quantitative estimate of drug-likeness (QED) is 0.848. The molecular formula is C15H21NO2. The second-order valence-corrected chi connectivity index (χ2v) is 4.38. The van der Waals surface area contributed by atoms with Gasteiger partial charge in [0.25, 0.3) is 0 Å². The molecule has 0 aliphatic rings. The van der Waals surface area contributed by atoms with Crippen molar-refractivity contribution >= 4 is 11.0 Å². The van der Waals surface area contributed by atoms with Crippen molar-refractivity contribution in [2.75, 3.05) is 13.2 Å². The number of rotatable bonds is 6. The van der Waals surface area contributed by atoms with Gasteiger partial charge in [0.05, 0.1) is 12.1 Å². The molecule has 0 aliphatic heterocycles. The standard InChI is InChI=1S/C15H21NO2/c1-4-16-15(11(3)17-5-2)14-10-12-8-6-7-9-13(12)18-14/h6-11,15-16H,4-5H2,1-3H3. The van der Waals surface area contributed by atoms with E-state index in [0.29, 0.717) is 6.61 Å². The monoisotopic (exact) mass is 247 g/mol. The lowest BCUT2D eigenvalue weighted by Gasteiger charge is -2.22. The highest BCUT2D eigenvalue weighted by Gasteiger charge is 2.22. The van der Waals surface area contributed by atoms with Gasteiger partial charge in [0.1, 0.15) is 11.3 Å². The Morgan fingerprint density at radius 1 is 1.28 bits per heavy atom. The first-order valence-electron chi connectivity index (χ1n) is 6.59. The lowest BCUT2D eigenvalue weighted by atomic mass is 10.1. The van der Waals surface area contributed by atoms with Crippen molar-refractivity contribution < 1.29 is 9.15 Å². The Bertz CT molecular complexity index is 459. The maximum absolute atomic E-state index is 5.91. The van der Waals surface area contributed by atoms with E-state index in [9.17, 15) is 0 Å². The van der Waals surface area contributed by atoms with Crippen LogP contribution in [0.15, 0.2) is 34.7 Å². The van der Waals surface area contributed by atoms with Crippen molar-refractivity contribution in [3.05, 3.63) is 36.1 Å². The van der Waals surface area contributed by atoms with E-state index >= 15 is 0 Å². The Labute approximate surface area is 108 Å². The van der Waals surface area contributed by atoms with Gasteiger partial charge in [-0.2, -0.15) is 0 Å². The number of hydrogen-bond acceptors (Lipinski definition) is 3. The molecule has 0 amide bonds. The van der Waals surface area contributed by atoms with Crippen molar-refractivity contribution in [3.63, 3.8) is 0 Å². The summed E-state index contributed by atoms with van der Waals surface area (Å²) in [5.74, 6) is 0.944. The van der Waals surface area contributed by atoms with Crippen LogP contribution in [0.3, 0.4) is 0 Å². The van der Waals surface area contributed by atoms with Crippen LogP contribution < -0.4 is 5.32 Å². The molecule has 18 heavy (non-hydrogen) atoms. The molecule has 1 heterocycles. The molecule has 2 atom stereocenters. The summed E-state index contributed by atoms with van der Waals surface area (Å²) in [6, 6.07) is 10.3. The predicted molar refractivity (Wildman–Crippen MR) is 73.7 cm³/mol. The molecule has 0 aliphatic carbocycles. The number of fused-ring (bicyclic) bond motifs is 1. The van der Waals surface area contributed by atoms with Gasteiger partial charge in [0.2, 0.25) is 0 Å². The molecule has 0 spiro atoms. The first-order valence-corrected chi connectivity index (χ1v) is 6.59. The summed E-state index contributed by atoms with van der Waals surface area (Å²) in [7, 11) is 0. The zero-order chi connectivity index (χ0) is 13.0. The minimum atomic E-state index is 0.0931. The molecule has 0 saturated heterocycles. The SMILES string of the molecule is CCNC(c1cc2ccccc2o1)C(C)OCC. The summed E-state index contributed by atoms with van der Waals surface area (Å²) in [6.45, 7) is 7.78. The highest BCUT2D eigenvalue weighted by Crippen LogP contribution is 2.26. The largest absolute Gasteiger partial charge is 0.459 e. The number of benzene rings is 1. The van der Waals surface area contributed by atoms with Crippen LogP contribution in [-0.2, 0) is 4.74 Å². The van der Waals surface area contributed by atoms with Crippen molar-refractivity contribution in [2.45, 2.75) is 32.9 Å². The Morgan fingerprint density at radius 2 is 2.06 bits per heavy atom. The van der Waals surface area contributed by atoms with Crippen molar-refractivity contribution in [2.24, 2.45) is 0 Å². The second-order valence-electron chi connectivity index (χ2n) is 4.38. The fourth-order valence-corrected chi connectivity index (χ4v) is 2.23. The summed E-state index contributed by atoms with van der Waals surface area (Å²) < 4.78 is 11.6. The molecule has 2 aromatic rings. The Kier molecular flexibility index (Phi) is 4.39. The molecule has 2 rings (SSSR count). The highest BCUT2D eigenvalue weighted by atomic mass is 16.5. The third kappa shape index (κ3) is 2.74. The Hall–Kier alpha value is -1.32. The number of furan rings is 1. The van der Waals surface area contributed by atoms with Crippen LogP contribution in [0, 0.1) is 0 Å². The lowest BCUT2D eigenvalue weighted by Crippen LogP contribution is -2.31. The topological polar surface area (TPSA) is 34.4 Å². The van der Waals surface area contributed by atoms with Gasteiger partial charge in [0, 0.05) is 12.0 Å². The zero-order valence-corrected chi connectivity index (χ0v) is 11.3. The van der Waals surface area contributed by atoms with Gasteiger partial charge in [0.15, 0.2) is 0 Å². The van der Waals surface area contributed by atoms with Crippen molar-refractivity contribution in [1.82, 2.24) is 5.32 Å². The molecule has 0 saturated carbocycles. The van der Waals surface area contributed by atoms with E-state index in [0.717, 1.165) is 23.3 Å². The van der Waals surface area contributed by atoms with E-state index in [4.69, 9.17) is 9.15 Å². The van der Waals surface area contributed by atoms with Crippen molar-refractivity contribution in [1.29, 1.82) is 0 Å². The average molecular weight is 247 g/mol. The smallest absolute Gasteiger partial charge is 0.134 e. The van der Waals surface area contributed by atoms with E-state index in [1.54, 1.807) is 0 Å². The van der Waals surface area contributed by atoms with Gasteiger partial charge in [-0.3, -0.25) is 0 Å². The Morgan fingerprint density at radius 3 is 2.72 bits per heavy atom. The first-order chi connectivity index (χ1) is 8.76. The van der Waals surface area contributed by atoms with Crippen LogP contribution >= 0.6 is 0 Å². The predicted octanol–water partition coefficient (Wildman–Crippen LogP) is 3.51. The fraction of sp³-hybridized carbons (Fsp3) is 0.467. The summed E-state index contributed by atoms with van der Waals surface area (Å²) in [6.07, 6.45) is 0.0931. The van der Waals surface area contributed by atoms with E-state index in [2.05, 4.69) is 31.3 Å². The van der Waals surface area contributed by atoms with Gasteiger partial charge in [-0.15, -0.1) is 0 Å². The van der Waals surface area contributed by atoms with E-state index in [1.807, 2.05) is 25.1 Å². The van der Waals surface area contributed by atoms with Gasteiger partial charge >= 0.3 is 0 Å². The van der Waals surface area contributed by atoms with E-state index in [-0.39, 0.29) is 12.1 Å². The van der Waals surface area contributed by atoms with Crippen LogP contribution in [0.5, 0.6) is 0 Å². The van der Waals surface area contributed by atoms with Gasteiger partial charge in [-0.25, -0.2) is 0 Å². The van der Waals surface area contributed by atoms with Gasteiger partial charge < -0.3 is 14.5 Å². The summed E-state index contributed by atoms with van der Waals surface area (Å²) in [4.78, 5) is 0. The third-order valence-corrected chi connectivity index (χ3v) is 3.07. The van der Waals surface area contributed by atoms with Crippen LogP contribution in [0.1, 0.15) is 32.6 Å². The number of nitrogens with one attached hydrogen (secondary N) is 1. The zero-order valence-electron chi connectivity index (χ0n) is 11.3. The number of hydrogen-bond donors (Lipinski definition) is 1. The Balaban J connectivity index is 2.29. The molecule has 0 bridgehead atoms. The van der Waals surface area contributed by atoms with Crippen LogP contribution in [-0.4, -0.2) is 19.3 Å². The van der Waals surface area contributed by atoms with Crippen LogP contribution in [0.2, 0.25) is 0 Å². The maximum atomic E-state index is 5.91. The van der Waals surface area contributed by atoms with E-state index in [1.165, 1.54) is 0 Å². The average Bonchev–Trinajstić information content (AvgIpc) is 2.79. The molecule has 1 aromatic heterocycles. The minimum Gasteiger partial charge on any atom is -0.459 e. The van der Waals surface area contributed by atoms with E-state index < -0.39 is 0 Å². The third-order valence-electron chi connectivity index (χ3n) is 3.07. The molecule has 98 valence electrons. The van der Waals surface area contributed by atoms with Gasteiger partial charge in [-0.05, 0) is 32.5 Å². The molecule has 3 nitrogen and oxygen atoms in total. The molecule has 0 fully saturated rings. The highest BCUT2D eigenvalue weighted by molar-refractivity contribution is 5.77. The normalized spacial score (nSPS) is 14.8. The minimum absolute atomic E-state index is 0.0931. The fourth-order valence-electron chi connectivity index (χ4n) is 2.23. The molecule has 1 N–H and O–H groups in total. The summed E-state index contributed by atoms with van der Waals surface area (Å²) in [5.41, 5.74) is 0.930. The van der Waals surface area contributed by atoms with Crippen molar-refractivity contribution in [3.8, 4) is 0 Å². The molecule has 2 unspecified atom stereocenters. The summed E-state index contributed by atoms with van der Waals surface area (Å²) >= 11 is 0. The number of likely N-dealkylation sites (N-methyl/N-ethyl adjacent to an activating group) is 1. The lowest BCUT2D eigenvalue weighted by molar-refractivity contribution is 0.0423. The number of ether oxygens (including phenoxy) is 1. The van der Waals surface area contributed by atoms with Gasteiger partial charge in [-0.1, -0.05) is 25.1 Å². The number of para-hydroxylation sites is 1. The molecule has 0 radical (unpaired) electrons. The van der Waals surface area contributed by atoms with Crippen LogP contribution in [0.25, 0.3) is 11.0 Å². The molecule has 3 heteroatoms. The first kappa shape index (κ1) is 13.1. The second kappa shape index (κ2) is 6.03. The molecule has 1 aromatic carbocycles. The summed E-state index contributed by atoms with van der Waals surface area (Å²) in [5, 5.41) is 4.56. The van der Waals surface area contributed by atoms with Crippen LogP contribution in [0.4, 0.5) is 0 Å². The molecular weight excluding hydrogens is 226 g/mol. The maximum Gasteiger partial charge on any atom is 0.134 e.